The van der Waals surface area contributed by atoms with Gasteiger partial charge in [-0.1, -0.05) is 26.0 Å². The zero-order valence-corrected chi connectivity index (χ0v) is 13.2. The van der Waals surface area contributed by atoms with Crippen LogP contribution in [-0.2, 0) is 17.6 Å². The molecule has 2 aliphatic rings. The Hall–Kier alpha value is -1.15. The third kappa shape index (κ3) is 3.55. The second kappa shape index (κ2) is 6.31. The van der Waals surface area contributed by atoms with Gasteiger partial charge in [0.05, 0.1) is 6.10 Å². The lowest BCUT2D eigenvalue weighted by Gasteiger charge is -2.31. The van der Waals surface area contributed by atoms with Crippen LogP contribution in [0.4, 0.5) is 0 Å². The maximum Gasteiger partial charge on any atom is 0.188 e. The largest absolute Gasteiger partial charge is 0.370 e. The Morgan fingerprint density at radius 2 is 1.81 bits per heavy atom. The predicted molar refractivity (Wildman–Crippen MR) is 84.7 cm³/mol. The lowest BCUT2D eigenvalue weighted by molar-refractivity contribution is 0.00562. The normalized spacial score (nSPS) is 28.4. The van der Waals surface area contributed by atoms with E-state index >= 15 is 0 Å². The molecule has 1 saturated carbocycles. The molecule has 2 heteroatoms. The SMILES string of the molecule is CC1CC(C)CC(OCC(=O)c2ccc3c(c2)CCC3)C1. The Kier molecular flexibility index (Phi) is 4.44. The number of aryl methyl sites for hydroxylation is 2. The fraction of sp³-hybridized carbons (Fsp3) is 0.632. The molecule has 0 aromatic heterocycles. The minimum atomic E-state index is 0.135. The minimum Gasteiger partial charge on any atom is -0.370 e. The number of ketones is 1. The highest BCUT2D eigenvalue weighted by atomic mass is 16.5. The molecule has 1 aromatic carbocycles. The van der Waals surface area contributed by atoms with Crippen molar-refractivity contribution < 1.29 is 9.53 Å². The Labute approximate surface area is 127 Å². The number of benzene rings is 1. The molecule has 1 aromatic rings. The first-order valence-electron chi connectivity index (χ1n) is 8.38. The topological polar surface area (TPSA) is 26.3 Å². The van der Waals surface area contributed by atoms with Gasteiger partial charge in [0, 0.05) is 5.56 Å². The standard InChI is InChI=1S/C19H26O2/c1-13-8-14(2)10-18(9-13)21-12-19(20)17-7-6-15-4-3-5-16(15)11-17/h6-7,11,13-14,18H,3-5,8-10,12H2,1-2H3. The molecule has 2 unspecified atom stereocenters. The quantitative estimate of drug-likeness (QED) is 0.775. The summed E-state index contributed by atoms with van der Waals surface area (Å²) < 4.78 is 5.91. The molecule has 3 rings (SSSR count). The Morgan fingerprint density at radius 3 is 2.57 bits per heavy atom. The van der Waals surface area contributed by atoms with Crippen molar-refractivity contribution in [2.24, 2.45) is 11.8 Å². The summed E-state index contributed by atoms with van der Waals surface area (Å²) in [4.78, 5) is 12.3. The van der Waals surface area contributed by atoms with Gasteiger partial charge in [0.2, 0.25) is 0 Å². The first kappa shape index (κ1) is 14.8. The number of rotatable bonds is 4. The van der Waals surface area contributed by atoms with E-state index in [1.54, 1.807) is 0 Å². The van der Waals surface area contributed by atoms with Crippen LogP contribution in [0.15, 0.2) is 18.2 Å². The van der Waals surface area contributed by atoms with E-state index < -0.39 is 0 Å². The van der Waals surface area contributed by atoms with Gasteiger partial charge in [-0.2, -0.15) is 0 Å². The average molecular weight is 286 g/mol. The van der Waals surface area contributed by atoms with Crippen molar-refractivity contribution in [2.45, 2.75) is 58.5 Å². The first-order valence-corrected chi connectivity index (χ1v) is 8.38. The van der Waals surface area contributed by atoms with Crippen molar-refractivity contribution in [1.29, 1.82) is 0 Å². The van der Waals surface area contributed by atoms with Gasteiger partial charge < -0.3 is 4.74 Å². The van der Waals surface area contributed by atoms with Crippen molar-refractivity contribution in [3.8, 4) is 0 Å². The summed E-state index contributed by atoms with van der Waals surface area (Å²) in [6.45, 7) is 4.81. The molecule has 0 aliphatic heterocycles. The van der Waals surface area contributed by atoms with Gasteiger partial charge >= 0.3 is 0 Å². The first-order chi connectivity index (χ1) is 10.1. The molecule has 0 heterocycles. The summed E-state index contributed by atoms with van der Waals surface area (Å²) in [5.41, 5.74) is 3.61. The lowest BCUT2D eigenvalue weighted by atomic mass is 9.82. The lowest BCUT2D eigenvalue weighted by Crippen LogP contribution is -2.28. The van der Waals surface area contributed by atoms with Gasteiger partial charge in [-0.25, -0.2) is 0 Å². The molecule has 21 heavy (non-hydrogen) atoms. The fourth-order valence-electron chi connectivity index (χ4n) is 4.03. The van der Waals surface area contributed by atoms with Crippen LogP contribution in [0, 0.1) is 11.8 Å². The van der Waals surface area contributed by atoms with E-state index in [9.17, 15) is 4.79 Å². The summed E-state index contributed by atoms with van der Waals surface area (Å²) in [5.74, 6) is 1.57. The highest BCUT2D eigenvalue weighted by Crippen LogP contribution is 2.30. The van der Waals surface area contributed by atoms with Crippen molar-refractivity contribution in [2.75, 3.05) is 6.61 Å². The number of hydrogen-bond donors (Lipinski definition) is 0. The zero-order chi connectivity index (χ0) is 14.8. The number of ether oxygens (including phenoxy) is 1. The monoisotopic (exact) mass is 286 g/mol. The van der Waals surface area contributed by atoms with Crippen LogP contribution in [0.1, 0.15) is 61.0 Å². The van der Waals surface area contributed by atoms with Crippen molar-refractivity contribution in [3.05, 3.63) is 34.9 Å². The smallest absolute Gasteiger partial charge is 0.188 e. The highest BCUT2D eigenvalue weighted by molar-refractivity contribution is 5.97. The molecule has 2 nitrogen and oxygen atoms in total. The van der Waals surface area contributed by atoms with Crippen LogP contribution in [0.5, 0.6) is 0 Å². The average Bonchev–Trinajstić information content (AvgIpc) is 2.91. The molecule has 0 spiro atoms. The van der Waals surface area contributed by atoms with Gasteiger partial charge in [0.15, 0.2) is 5.78 Å². The van der Waals surface area contributed by atoms with Crippen molar-refractivity contribution >= 4 is 5.78 Å². The zero-order valence-electron chi connectivity index (χ0n) is 13.2. The predicted octanol–water partition coefficient (Wildman–Crippen LogP) is 4.20. The number of hydrogen-bond acceptors (Lipinski definition) is 2. The molecule has 1 fully saturated rings. The van der Waals surface area contributed by atoms with Gasteiger partial charge in [0.1, 0.15) is 6.61 Å². The second-order valence-electron chi connectivity index (χ2n) is 7.11. The summed E-state index contributed by atoms with van der Waals surface area (Å²) >= 11 is 0. The molecule has 0 bridgehead atoms. The van der Waals surface area contributed by atoms with Crippen LogP contribution < -0.4 is 0 Å². The third-order valence-corrected chi connectivity index (χ3v) is 5.01. The minimum absolute atomic E-state index is 0.135. The van der Waals surface area contributed by atoms with Crippen molar-refractivity contribution in [3.63, 3.8) is 0 Å². The molecule has 0 saturated heterocycles. The van der Waals surface area contributed by atoms with E-state index in [-0.39, 0.29) is 18.5 Å². The van der Waals surface area contributed by atoms with E-state index in [0.29, 0.717) is 11.8 Å². The molecule has 114 valence electrons. The Morgan fingerprint density at radius 1 is 1.10 bits per heavy atom. The third-order valence-electron chi connectivity index (χ3n) is 5.01. The number of fused-ring (bicyclic) bond motifs is 1. The molecular weight excluding hydrogens is 260 g/mol. The second-order valence-corrected chi connectivity index (χ2v) is 7.11. The summed E-state index contributed by atoms with van der Waals surface area (Å²) in [5, 5.41) is 0. The highest BCUT2D eigenvalue weighted by Gasteiger charge is 2.25. The van der Waals surface area contributed by atoms with E-state index in [1.165, 1.54) is 24.0 Å². The molecular formula is C19H26O2. The summed E-state index contributed by atoms with van der Waals surface area (Å²) in [6.07, 6.45) is 7.26. The molecule has 2 atom stereocenters. The molecule has 2 aliphatic carbocycles. The molecule has 0 radical (unpaired) electrons. The van der Waals surface area contributed by atoms with Gasteiger partial charge in [0.25, 0.3) is 0 Å². The van der Waals surface area contributed by atoms with Gasteiger partial charge in [-0.05, 0) is 67.6 Å². The van der Waals surface area contributed by atoms with E-state index in [1.807, 2.05) is 6.07 Å². The maximum atomic E-state index is 12.3. The molecule has 0 amide bonds. The van der Waals surface area contributed by atoms with E-state index in [0.717, 1.165) is 31.2 Å². The Balaban J connectivity index is 1.56. The number of carbonyl (C=O) groups is 1. The van der Waals surface area contributed by atoms with Crippen LogP contribution in [0.25, 0.3) is 0 Å². The van der Waals surface area contributed by atoms with Crippen LogP contribution in [-0.4, -0.2) is 18.5 Å². The van der Waals surface area contributed by atoms with Gasteiger partial charge in [-0.15, -0.1) is 0 Å². The van der Waals surface area contributed by atoms with Gasteiger partial charge in [-0.3, -0.25) is 4.79 Å². The van der Waals surface area contributed by atoms with Crippen LogP contribution in [0.3, 0.4) is 0 Å². The summed E-state index contributed by atoms with van der Waals surface area (Å²) in [7, 11) is 0. The summed E-state index contributed by atoms with van der Waals surface area (Å²) in [6, 6.07) is 6.18. The van der Waals surface area contributed by atoms with Crippen LogP contribution >= 0.6 is 0 Å². The van der Waals surface area contributed by atoms with E-state index in [2.05, 4.69) is 26.0 Å². The Bertz CT molecular complexity index is 510. The van der Waals surface area contributed by atoms with Crippen LogP contribution in [0.2, 0.25) is 0 Å². The fourth-order valence-corrected chi connectivity index (χ4v) is 4.03. The number of carbonyl (C=O) groups excluding carboxylic acids is 1. The van der Waals surface area contributed by atoms with Crippen molar-refractivity contribution in [1.82, 2.24) is 0 Å². The maximum absolute atomic E-state index is 12.3. The van der Waals surface area contributed by atoms with E-state index in [4.69, 9.17) is 4.74 Å². The number of Topliss-reactive ketones (excluding diaryl/α,β-unsaturated/α-hetero) is 1. The molecule has 0 N–H and O–H groups in total.